The summed E-state index contributed by atoms with van der Waals surface area (Å²) in [5.41, 5.74) is 3.27. The Morgan fingerprint density at radius 3 is 2.17 bits per heavy atom. The maximum Gasteiger partial charge on any atom is 0.416 e. The van der Waals surface area contributed by atoms with Crippen LogP contribution in [0.15, 0.2) is 89.5 Å². The van der Waals surface area contributed by atoms with E-state index in [0.717, 1.165) is 33.5 Å². The molecule has 7 heteroatoms. The number of rotatable bonds is 5. The zero-order valence-corrected chi connectivity index (χ0v) is 17.3. The van der Waals surface area contributed by atoms with Crippen molar-refractivity contribution >= 4 is 21.6 Å². The molecular formula is C23H17BrF3N3. The molecule has 0 aliphatic rings. The second-order valence-electron chi connectivity index (χ2n) is 6.72. The molecule has 0 spiro atoms. The highest BCUT2D eigenvalue weighted by Crippen LogP contribution is 2.32. The van der Waals surface area contributed by atoms with E-state index in [1.807, 2.05) is 60.8 Å². The molecule has 0 radical (unpaired) electrons. The van der Waals surface area contributed by atoms with Gasteiger partial charge in [0, 0.05) is 34.0 Å². The Kier molecular flexibility index (Phi) is 5.63. The Morgan fingerprint density at radius 1 is 0.867 bits per heavy atom. The second-order valence-corrected chi connectivity index (χ2v) is 7.63. The summed E-state index contributed by atoms with van der Waals surface area (Å²) in [4.78, 5) is 0. The van der Waals surface area contributed by atoms with Crippen molar-refractivity contribution < 1.29 is 13.2 Å². The van der Waals surface area contributed by atoms with Crippen molar-refractivity contribution in [3.63, 3.8) is 0 Å². The Labute approximate surface area is 180 Å². The van der Waals surface area contributed by atoms with E-state index in [4.69, 9.17) is 0 Å². The van der Waals surface area contributed by atoms with E-state index in [1.165, 1.54) is 12.1 Å². The molecule has 3 nitrogen and oxygen atoms in total. The summed E-state index contributed by atoms with van der Waals surface area (Å²) in [5.74, 6) is 0. The van der Waals surface area contributed by atoms with Crippen LogP contribution in [0, 0.1) is 0 Å². The number of hydrogen-bond acceptors (Lipinski definition) is 2. The van der Waals surface area contributed by atoms with Crippen LogP contribution in [0.4, 0.5) is 18.9 Å². The lowest BCUT2D eigenvalue weighted by atomic mass is 10.1. The highest BCUT2D eigenvalue weighted by atomic mass is 79.9. The minimum absolute atomic E-state index is 0.477. The number of halogens is 4. The quantitative estimate of drug-likeness (QED) is 0.341. The molecular weight excluding hydrogens is 455 g/mol. The maximum absolute atomic E-state index is 12.9. The minimum atomic E-state index is -4.37. The van der Waals surface area contributed by atoms with Crippen LogP contribution in [0.2, 0.25) is 0 Å². The van der Waals surface area contributed by atoms with Gasteiger partial charge in [-0.2, -0.15) is 18.3 Å². The summed E-state index contributed by atoms with van der Waals surface area (Å²) < 4.78 is 41.5. The van der Waals surface area contributed by atoms with E-state index in [0.29, 0.717) is 17.8 Å². The van der Waals surface area contributed by atoms with Crippen LogP contribution in [0.1, 0.15) is 11.1 Å². The number of para-hydroxylation sites is 1. The van der Waals surface area contributed by atoms with E-state index in [-0.39, 0.29) is 0 Å². The van der Waals surface area contributed by atoms with Gasteiger partial charge in [0.2, 0.25) is 0 Å². The summed E-state index contributed by atoms with van der Waals surface area (Å²) in [7, 11) is 0. The molecule has 0 aliphatic heterocycles. The largest absolute Gasteiger partial charge is 0.416 e. The lowest BCUT2D eigenvalue weighted by Gasteiger charge is -2.09. The predicted molar refractivity (Wildman–Crippen MR) is 115 cm³/mol. The number of nitrogens with one attached hydrogen (secondary N) is 1. The highest BCUT2D eigenvalue weighted by Gasteiger charge is 2.30. The molecule has 0 atom stereocenters. The first-order valence-corrected chi connectivity index (χ1v) is 10.0. The average molecular weight is 472 g/mol. The number of alkyl halides is 3. The van der Waals surface area contributed by atoms with Gasteiger partial charge in [-0.25, -0.2) is 4.68 Å². The SMILES string of the molecule is FC(F)(F)c1ccc(-c2nn(-c3ccccc3)cc2CNc2ccc(Br)cc2)cc1. The van der Waals surface area contributed by atoms with Crippen LogP contribution in [-0.4, -0.2) is 9.78 Å². The minimum Gasteiger partial charge on any atom is -0.381 e. The monoisotopic (exact) mass is 471 g/mol. The number of aromatic nitrogens is 2. The molecule has 0 amide bonds. The van der Waals surface area contributed by atoms with Crippen molar-refractivity contribution in [1.29, 1.82) is 0 Å². The lowest BCUT2D eigenvalue weighted by molar-refractivity contribution is -0.137. The van der Waals surface area contributed by atoms with Crippen LogP contribution < -0.4 is 5.32 Å². The topological polar surface area (TPSA) is 29.9 Å². The van der Waals surface area contributed by atoms with Crippen molar-refractivity contribution in [2.75, 3.05) is 5.32 Å². The van der Waals surface area contributed by atoms with Crippen LogP contribution in [0.3, 0.4) is 0 Å². The molecule has 30 heavy (non-hydrogen) atoms. The van der Waals surface area contributed by atoms with Crippen molar-refractivity contribution in [2.45, 2.75) is 12.7 Å². The third-order valence-corrected chi connectivity index (χ3v) is 5.15. The van der Waals surface area contributed by atoms with Gasteiger partial charge in [0.05, 0.1) is 16.9 Å². The molecule has 1 aromatic heterocycles. The summed E-state index contributed by atoms with van der Waals surface area (Å²) in [5, 5.41) is 8.00. The molecule has 4 aromatic rings. The maximum atomic E-state index is 12.9. The van der Waals surface area contributed by atoms with Gasteiger partial charge in [0.1, 0.15) is 0 Å². The number of benzene rings is 3. The van der Waals surface area contributed by atoms with Gasteiger partial charge in [-0.1, -0.05) is 46.3 Å². The number of anilines is 1. The van der Waals surface area contributed by atoms with Crippen LogP contribution in [-0.2, 0) is 12.7 Å². The molecule has 0 unspecified atom stereocenters. The molecule has 1 N–H and O–H groups in total. The molecule has 0 fully saturated rings. The fraction of sp³-hybridized carbons (Fsp3) is 0.0870. The van der Waals surface area contributed by atoms with Crippen molar-refractivity contribution in [2.24, 2.45) is 0 Å². The molecule has 0 bridgehead atoms. The van der Waals surface area contributed by atoms with E-state index in [2.05, 4.69) is 26.3 Å². The van der Waals surface area contributed by atoms with Crippen LogP contribution in [0.5, 0.6) is 0 Å². The number of hydrogen-bond donors (Lipinski definition) is 1. The van der Waals surface area contributed by atoms with Crippen molar-refractivity contribution in [3.05, 3.63) is 101 Å². The predicted octanol–water partition coefficient (Wildman–Crippen LogP) is 6.93. The van der Waals surface area contributed by atoms with Gasteiger partial charge in [-0.05, 0) is 48.5 Å². The first kappa shape index (κ1) is 20.2. The molecule has 3 aromatic carbocycles. The first-order valence-electron chi connectivity index (χ1n) is 9.21. The Morgan fingerprint density at radius 2 is 1.53 bits per heavy atom. The second kappa shape index (κ2) is 8.36. The van der Waals surface area contributed by atoms with Gasteiger partial charge in [0.25, 0.3) is 0 Å². The smallest absolute Gasteiger partial charge is 0.381 e. The summed E-state index contributed by atoms with van der Waals surface area (Å²) in [6, 6.07) is 22.5. The molecule has 4 rings (SSSR count). The van der Waals surface area contributed by atoms with Crippen LogP contribution >= 0.6 is 15.9 Å². The van der Waals surface area contributed by atoms with Crippen LogP contribution in [0.25, 0.3) is 16.9 Å². The number of nitrogens with zero attached hydrogens (tertiary/aromatic N) is 2. The highest BCUT2D eigenvalue weighted by molar-refractivity contribution is 9.10. The van der Waals surface area contributed by atoms with Gasteiger partial charge < -0.3 is 5.32 Å². The molecule has 0 saturated carbocycles. The van der Waals surface area contributed by atoms with Gasteiger partial charge in [-0.3, -0.25) is 0 Å². The van der Waals surface area contributed by atoms with Crippen molar-refractivity contribution in [1.82, 2.24) is 9.78 Å². The Bertz CT molecular complexity index is 1120. The Balaban J connectivity index is 1.68. The fourth-order valence-corrected chi connectivity index (χ4v) is 3.34. The third kappa shape index (κ3) is 4.57. The Hall–Kier alpha value is -3.06. The van der Waals surface area contributed by atoms with E-state index in [1.54, 1.807) is 4.68 Å². The average Bonchev–Trinajstić information content (AvgIpc) is 3.18. The zero-order valence-electron chi connectivity index (χ0n) is 15.7. The standard InChI is InChI=1S/C23H17BrF3N3/c24-19-10-12-20(13-11-19)28-14-17-15-30(21-4-2-1-3-5-21)29-22(17)16-6-8-18(9-7-16)23(25,26)27/h1-13,15,28H,14H2. The molecule has 0 aliphatic carbocycles. The fourth-order valence-electron chi connectivity index (χ4n) is 3.08. The molecule has 152 valence electrons. The normalized spacial score (nSPS) is 11.5. The summed E-state index contributed by atoms with van der Waals surface area (Å²) >= 11 is 3.41. The van der Waals surface area contributed by atoms with Gasteiger partial charge >= 0.3 is 6.18 Å². The summed E-state index contributed by atoms with van der Waals surface area (Å²) in [6.07, 6.45) is -2.47. The van der Waals surface area contributed by atoms with Gasteiger partial charge in [0.15, 0.2) is 0 Å². The van der Waals surface area contributed by atoms with E-state index < -0.39 is 11.7 Å². The summed E-state index contributed by atoms with van der Waals surface area (Å²) in [6.45, 7) is 0.477. The van der Waals surface area contributed by atoms with E-state index in [9.17, 15) is 13.2 Å². The van der Waals surface area contributed by atoms with Crippen molar-refractivity contribution in [3.8, 4) is 16.9 Å². The first-order chi connectivity index (χ1) is 14.4. The zero-order chi connectivity index (χ0) is 21.1. The van der Waals surface area contributed by atoms with Gasteiger partial charge in [-0.15, -0.1) is 0 Å². The third-order valence-electron chi connectivity index (χ3n) is 4.62. The lowest BCUT2D eigenvalue weighted by Crippen LogP contribution is -2.04. The molecule has 0 saturated heterocycles. The van der Waals surface area contributed by atoms with E-state index >= 15 is 0 Å². The molecule has 1 heterocycles.